The first-order chi connectivity index (χ1) is 17.4. The van der Waals surface area contributed by atoms with Crippen molar-refractivity contribution in [2.45, 2.75) is 32.4 Å². The van der Waals surface area contributed by atoms with Crippen LogP contribution in [0.5, 0.6) is 5.75 Å². The van der Waals surface area contributed by atoms with Crippen LogP contribution in [0.2, 0.25) is 0 Å². The number of carboxylic acid groups (broad SMARTS) is 1. The van der Waals surface area contributed by atoms with Gasteiger partial charge in [0.05, 0.1) is 25.1 Å². The van der Waals surface area contributed by atoms with Gasteiger partial charge in [0.1, 0.15) is 17.7 Å². The normalized spacial score (nSPS) is 18.9. The second-order valence-electron chi connectivity index (χ2n) is 9.32. The van der Waals surface area contributed by atoms with Crippen LogP contribution in [0.25, 0.3) is 10.9 Å². The van der Waals surface area contributed by atoms with Crippen molar-refractivity contribution in [1.82, 2.24) is 9.88 Å². The smallest absolute Gasteiger partial charge is 0.308 e. The summed E-state index contributed by atoms with van der Waals surface area (Å²) in [7, 11) is 1.57. The maximum Gasteiger partial charge on any atom is 0.308 e. The van der Waals surface area contributed by atoms with Crippen LogP contribution in [-0.2, 0) is 4.79 Å². The number of carboxylic acids is 1. The number of piperidine rings is 1. The van der Waals surface area contributed by atoms with Crippen LogP contribution in [0.3, 0.4) is 0 Å². The Kier molecular flexibility index (Phi) is 8.17. The Labute approximate surface area is 210 Å². The predicted molar refractivity (Wildman–Crippen MR) is 135 cm³/mol. The number of carbonyl (C=O) groups is 1. The zero-order valence-corrected chi connectivity index (χ0v) is 20.5. The van der Waals surface area contributed by atoms with Gasteiger partial charge in [-0.2, -0.15) is 0 Å². The average molecular weight is 493 g/mol. The van der Waals surface area contributed by atoms with Crippen LogP contribution in [0.15, 0.2) is 48.7 Å². The summed E-state index contributed by atoms with van der Waals surface area (Å²) in [6.07, 6.45) is 1.75. The zero-order valence-electron chi connectivity index (χ0n) is 20.5. The number of aliphatic carboxylic acids is 1. The summed E-state index contributed by atoms with van der Waals surface area (Å²) in [4.78, 5) is 18.3. The van der Waals surface area contributed by atoms with Crippen LogP contribution >= 0.6 is 0 Å². The topological polar surface area (TPSA) is 62.7 Å². The largest absolute Gasteiger partial charge is 0.497 e. The number of methoxy groups -OCH3 is 1. The number of hydrogen-bond acceptors (Lipinski definition) is 4. The Bertz CT molecular complexity index is 1300. The monoisotopic (exact) mass is 492 g/mol. The highest BCUT2D eigenvalue weighted by Gasteiger charge is 2.34. The molecular formula is C29H30F2N2O3. The molecule has 3 aromatic rings. The van der Waals surface area contributed by atoms with Crippen LogP contribution in [0.1, 0.15) is 42.1 Å². The van der Waals surface area contributed by atoms with Gasteiger partial charge in [0.2, 0.25) is 0 Å². The molecule has 2 heterocycles. The Morgan fingerprint density at radius 3 is 2.86 bits per heavy atom. The molecule has 36 heavy (non-hydrogen) atoms. The maximum atomic E-state index is 15.4. The zero-order chi connectivity index (χ0) is 25.7. The first kappa shape index (κ1) is 25.6. The predicted octanol–water partition coefficient (Wildman–Crippen LogP) is 5.56. The molecule has 1 fully saturated rings. The third-order valence-electron chi connectivity index (χ3n) is 6.98. The number of ether oxygens (including phenoxy) is 1. The van der Waals surface area contributed by atoms with E-state index in [2.05, 4.69) is 16.8 Å². The lowest BCUT2D eigenvalue weighted by molar-refractivity contribution is -0.146. The number of fused-ring (bicyclic) bond motifs is 1. The maximum absolute atomic E-state index is 15.4. The fourth-order valence-corrected chi connectivity index (χ4v) is 4.82. The summed E-state index contributed by atoms with van der Waals surface area (Å²) in [6, 6.07) is 11.9. The van der Waals surface area contributed by atoms with E-state index >= 15 is 4.39 Å². The fraction of sp³-hybridized carbons (Fsp3) is 0.379. The molecular weight excluding hydrogens is 462 g/mol. The van der Waals surface area contributed by atoms with Crippen molar-refractivity contribution < 1.29 is 23.4 Å². The minimum atomic E-state index is -1.23. The van der Waals surface area contributed by atoms with E-state index in [1.807, 2.05) is 4.90 Å². The van der Waals surface area contributed by atoms with Gasteiger partial charge in [-0.3, -0.25) is 14.7 Å². The van der Waals surface area contributed by atoms with E-state index in [1.165, 1.54) is 6.07 Å². The van der Waals surface area contributed by atoms with Crippen molar-refractivity contribution in [3.8, 4) is 17.6 Å². The highest BCUT2D eigenvalue weighted by molar-refractivity contribution is 5.83. The van der Waals surface area contributed by atoms with E-state index in [-0.39, 0.29) is 18.2 Å². The third kappa shape index (κ3) is 6.00. The van der Waals surface area contributed by atoms with Crippen LogP contribution < -0.4 is 4.74 Å². The Balaban J connectivity index is 1.37. The lowest BCUT2D eigenvalue weighted by Gasteiger charge is -2.35. The van der Waals surface area contributed by atoms with Crippen molar-refractivity contribution in [1.29, 1.82) is 0 Å². The molecule has 0 bridgehead atoms. The molecule has 1 N–H and O–H groups in total. The summed E-state index contributed by atoms with van der Waals surface area (Å²) in [5.41, 5.74) is 2.41. The number of nitrogens with zero attached hydrogens (tertiary/aromatic N) is 2. The van der Waals surface area contributed by atoms with Gasteiger partial charge in [0.25, 0.3) is 0 Å². The number of rotatable bonds is 7. The van der Waals surface area contributed by atoms with Gasteiger partial charge in [0, 0.05) is 23.7 Å². The molecule has 0 unspecified atom stereocenters. The summed E-state index contributed by atoms with van der Waals surface area (Å²) in [5, 5.41) is 10.6. The fourth-order valence-electron chi connectivity index (χ4n) is 4.82. The van der Waals surface area contributed by atoms with Crippen molar-refractivity contribution in [2.75, 3.05) is 26.7 Å². The Morgan fingerprint density at radius 2 is 2.11 bits per heavy atom. The molecule has 7 heteroatoms. The molecule has 0 aliphatic carbocycles. The van der Waals surface area contributed by atoms with Gasteiger partial charge in [-0.15, -0.1) is 0 Å². The van der Waals surface area contributed by atoms with Gasteiger partial charge in [-0.1, -0.05) is 17.9 Å². The van der Waals surface area contributed by atoms with Crippen molar-refractivity contribution in [2.24, 2.45) is 11.8 Å². The standard InChI is InChI=1S/C29H30F2N2O3/c1-19-5-6-20(16-27(19)31)4-3-14-33-15-12-21(25(18-33)29(34)35)7-9-26(30)23-11-13-32-28-10-8-22(36-2)17-24(23)28/h5-6,8,10-11,13,16-17,21,25-26H,7,9,12,14-15,18H2,1-2H3,(H,34,35)/t21-,25+,26-/m1/s1. The second-order valence-corrected chi connectivity index (χ2v) is 9.32. The number of alkyl halides is 1. The van der Waals surface area contributed by atoms with Crippen LogP contribution in [0.4, 0.5) is 8.78 Å². The molecule has 1 aliphatic heterocycles. The van der Waals surface area contributed by atoms with E-state index in [0.29, 0.717) is 65.8 Å². The van der Waals surface area contributed by atoms with Gasteiger partial charge >= 0.3 is 5.97 Å². The van der Waals surface area contributed by atoms with Crippen LogP contribution in [0, 0.1) is 36.4 Å². The minimum absolute atomic E-state index is 0.112. The summed E-state index contributed by atoms with van der Waals surface area (Å²) in [6.45, 7) is 3.16. The highest BCUT2D eigenvalue weighted by Crippen LogP contribution is 2.35. The lowest BCUT2D eigenvalue weighted by atomic mass is 9.81. The molecule has 188 valence electrons. The Hall–Kier alpha value is -3.50. The number of benzene rings is 2. The van der Waals surface area contributed by atoms with Crippen molar-refractivity contribution in [3.63, 3.8) is 0 Å². The molecule has 4 rings (SSSR count). The molecule has 2 aromatic carbocycles. The van der Waals surface area contributed by atoms with E-state index in [0.717, 1.165) is 0 Å². The van der Waals surface area contributed by atoms with E-state index < -0.39 is 18.1 Å². The molecule has 0 saturated carbocycles. The lowest BCUT2D eigenvalue weighted by Crippen LogP contribution is -2.44. The second kappa shape index (κ2) is 11.5. The number of halogens is 2. The molecule has 0 spiro atoms. The molecule has 1 aromatic heterocycles. The quantitative estimate of drug-likeness (QED) is 0.438. The summed E-state index contributed by atoms with van der Waals surface area (Å²) >= 11 is 0. The van der Waals surface area contributed by atoms with Gasteiger partial charge < -0.3 is 9.84 Å². The van der Waals surface area contributed by atoms with E-state index in [4.69, 9.17) is 4.74 Å². The Morgan fingerprint density at radius 1 is 1.28 bits per heavy atom. The first-order valence-electron chi connectivity index (χ1n) is 12.1. The number of hydrogen-bond donors (Lipinski definition) is 1. The number of pyridine rings is 1. The highest BCUT2D eigenvalue weighted by atomic mass is 19.1. The van der Waals surface area contributed by atoms with Gasteiger partial charge in [-0.25, -0.2) is 8.78 Å². The number of aryl methyl sites for hydroxylation is 1. The number of aromatic nitrogens is 1. The summed E-state index contributed by atoms with van der Waals surface area (Å²) < 4.78 is 34.4. The molecule has 1 saturated heterocycles. The third-order valence-corrected chi connectivity index (χ3v) is 6.98. The van der Waals surface area contributed by atoms with Crippen LogP contribution in [-0.4, -0.2) is 47.7 Å². The molecule has 3 atom stereocenters. The van der Waals surface area contributed by atoms with Crippen molar-refractivity contribution >= 4 is 16.9 Å². The van der Waals surface area contributed by atoms with E-state index in [1.54, 1.807) is 56.6 Å². The first-order valence-corrected chi connectivity index (χ1v) is 12.1. The molecule has 1 aliphatic rings. The van der Waals surface area contributed by atoms with Crippen molar-refractivity contribution in [3.05, 3.63) is 71.2 Å². The minimum Gasteiger partial charge on any atom is -0.497 e. The van der Waals surface area contributed by atoms with E-state index in [9.17, 15) is 14.3 Å². The number of likely N-dealkylation sites (tertiary alicyclic amines) is 1. The SMILES string of the molecule is COc1ccc2nccc([C@H](F)CC[C@@H]3CCN(CC#Cc4ccc(C)c(F)c4)C[C@@H]3C(=O)O)c2c1. The van der Waals surface area contributed by atoms with Gasteiger partial charge in [0.15, 0.2) is 0 Å². The molecule has 0 amide bonds. The molecule has 0 radical (unpaired) electrons. The van der Waals surface area contributed by atoms with Gasteiger partial charge in [-0.05, 0) is 86.2 Å². The molecule has 5 nitrogen and oxygen atoms in total. The summed E-state index contributed by atoms with van der Waals surface area (Å²) in [5.74, 6) is 4.76. The average Bonchev–Trinajstić information content (AvgIpc) is 2.88.